The number of anilines is 1. The number of methoxy groups -OCH3 is 2. The summed E-state index contributed by atoms with van der Waals surface area (Å²) in [5.41, 5.74) is 0.341. The molecule has 32 heavy (non-hydrogen) atoms. The molecule has 2 amide bonds. The van der Waals surface area contributed by atoms with E-state index in [-0.39, 0.29) is 17.3 Å². The van der Waals surface area contributed by atoms with Gasteiger partial charge in [-0.25, -0.2) is 0 Å². The minimum absolute atomic E-state index is 0.124. The number of benzene rings is 1. The highest BCUT2D eigenvalue weighted by Gasteiger charge is 2.32. The molecule has 2 aromatic rings. The van der Waals surface area contributed by atoms with Gasteiger partial charge < -0.3 is 24.5 Å². The number of nitro groups is 1. The maximum Gasteiger partial charge on any atom is 0.433 e. The highest BCUT2D eigenvalue weighted by Crippen LogP contribution is 2.36. The molecule has 1 fully saturated rings. The molecule has 3 rings (SSSR count). The Bertz CT molecular complexity index is 1120. The van der Waals surface area contributed by atoms with Crippen molar-refractivity contribution < 1.29 is 28.4 Å². The first kappa shape index (κ1) is 23.1. The largest absolute Gasteiger partial charge is 0.495 e. The number of amidine groups is 1. The molecule has 1 atom stereocenters. The van der Waals surface area contributed by atoms with E-state index in [9.17, 15) is 19.7 Å². The van der Waals surface area contributed by atoms with E-state index in [2.05, 4.69) is 20.8 Å². The van der Waals surface area contributed by atoms with Gasteiger partial charge in [-0.05, 0) is 6.07 Å². The van der Waals surface area contributed by atoms with E-state index in [0.29, 0.717) is 22.2 Å². The van der Waals surface area contributed by atoms with E-state index < -0.39 is 27.9 Å². The molecule has 12 nitrogen and oxygen atoms in total. The lowest BCUT2D eigenvalue weighted by atomic mass is 10.2. The molecule has 2 heterocycles. The standard InChI is InChI=1S/C18H16ClN5O7S/c1-29-12-6-11(13(30-2)5-10(12)19)21-15(25)7-14-17(26)22-18(32-14)23-20-8-9-3-4-16(31-9)24(27)28/h3-6,8,14H,7H2,1-2H3,(H,21,25)(H,22,23,26)/b20-8-/t14-/m1/s1. The van der Waals surface area contributed by atoms with Crippen LogP contribution in [0.5, 0.6) is 11.5 Å². The highest BCUT2D eigenvalue weighted by atomic mass is 35.5. The zero-order valence-electron chi connectivity index (χ0n) is 16.7. The molecular formula is C18H16ClN5O7S. The van der Waals surface area contributed by atoms with Gasteiger partial charge in [-0.2, -0.15) is 5.10 Å². The van der Waals surface area contributed by atoms with Crippen LogP contribution in [-0.2, 0) is 9.59 Å². The molecule has 0 spiro atoms. The van der Waals surface area contributed by atoms with Gasteiger partial charge in [0.05, 0.1) is 37.2 Å². The van der Waals surface area contributed by atoms with E-state index in [4.69, 9.17) is 25.5 Å². The van der Waals surface area contributed by atoms with Crippen LogP contribution in [0.25, 0.3) is 0 Å². The van der Waals surface area contributed by atoms with Gasteiger partial charge in [0.25, 0.3) is 0 Å². The van der Waals surface area contributed by atoms with Crippen LogP contribution in [-0.4, -0.2) is 47.6 Å². The second kappa shape index (κ2) is 10.2. The Balaban J connectivity index is 1.60. The summed E-state index contributed by atoms with van der Waals surface area (Å²) in [6, 6.07) is 5.56. The van der Waals surface area contributed by atoms with Gasteiger partial charge in [0, 0.05) is 18.6 Å². The smallest absolute Gasteiger partial charge is 0.433 e. The van der Waals surface area contributed by atoms with Gasteiger partial charge >= 0.3 is 5.88 Å². The summed E-state index contributed by atoms with van der Waals surface area (Å²) in [4.78, 5) is 34.5. The Hall–Kier alpha value is -3.58. The second-order valence-electron chi connectivity index (χ2n) is 6.12. The normalized spacial score (nSPS) is 16.9. The number of rotatable bonds is 8. The molecule has 14 heteroatoms. The molecule has 1 aliphatic heterocycles. The number of carbonyl (C=O) groups excluding carboxylic acids is 2. The van der Waals surface area contributed by atoms with E-state index in [1.54, 1.807) is 0 Å². The first-order valence-corrected chi connectivity index (χ1v) is 10.1. The van der Waals surface area contributed by atoms with Crippen molar-refractivity contribution in [2.45, 2.75) is 11.7 Å². The highest BCUT2D eigenvalue weighted by molar-refractivity contribution is 8.15. The number of furan rings is 1. The topological polar surface area (TPSA) is 158 Å². The zero-order valence-corrected chi connectivity index (χ0v) is 18.2. The predicted octanol–water partition coefficient (Wildman–Crippen LogP) is 2.81. The van der Waals surface area contributed by atoms with Crippen molar-refractivity contribution >= 4 is 58.1 Å². The van der Waals surface area contributed by atoms with Crippen molar-refractivity contribution in [1.82, 2.24) is 5.32 Å². The minimum Gasteiger partial charge on any atom is -0.495 e. The van der Waals surface area contributed by atoms with Gasteiger partial charge in [-0.1, -0.05) is 23.4 Å². The Labute approximate surface area is 190 Å². The number of ether oxygens (including phenoxy) is 2. The summed E-state index contributed by atoms with van der Waals surface area (Å²) in [5.74, 6) is -0.462. The summed E-state index contributed by atoms with van der Waals surface area (Å²) in [5, 5.41) is 23.1. The van der Waals surface area contributed by atoms with Crippen LogP contribution in [0.4, 0.5) is 11.6 Å². The second-order valence-corrected chi connectivity index (χ2v) is 7.72. The van der Waals surface area contributed by atoms with Crippen LogP contribution in [0.2, 0.25) is 5.02 Å². The maximum atomic E-state index is 12.5. The van der Waals surface area contributed by atoms with E-state index in [1.807, 2.05) is 0 Å². The number of nitrogens with zero attached hydrogens (tertiary/aromatic N) is 3. The van der Waals surface area contributed by atoms with Gasteiger partial charge in [-0.3, -0.25) is 19.7 Å². The lowest BCUT2D eigenvalue weighted by Crippen LogP contribution is -2.28. The van der Waals surface area contributed by atoms with Crippen molar-refractivity contribution in [3.8, 4) is 11.5 Å². The molecule has 0 bridgehead atoms. The van der Waals surface area contributed by atoms with Crippen LogP contribution >= 0.6 is 23.4 Å². The summed E-state index contributed by atoms with van der Waals surface area (Å²) < 4.78 is 15.3. The average Bonchev–Trinajstić information content (AvgIpc) is 3.36. The van der Waals surface area contributed by atoms with Crippen molar-refractivity contribution in [1.29, 1.82) is 0 Å². The monoisotopic (exact) mass is 481 g/mol. The molecule has 0 saturated carbocycles. The third-order valence-corrected chi connectivity index (χ3v) is 5.39. The first-order chi connectivity index (χ1) is 15.3. The van der Waals surface area contributed by atoms with Crippen molar-refractivity contribution in [2.75, 3.05) is 19.5 Å². The van der Waals surface area contributed by atoms with Crippen LogP contribution < -0.4 is 20.1 Å². The first-order valence-electron chi connectivity index (χ1n) is 8.85. The summed E-state index contributed by atoms with van der Waals surface area (Å²) in [7, 11) is 2.87. The molecule has 1 saturated heterocycles. The molecule has 2 N–H and O–H groups in total. The van der Waals surface area contributed by atoms with Gasteiger partial charge in [0.1, 0.15) is 21.7 Å². The number of hydrogen-bond acceptors (Lipinski definition) is 10. The fraction of sp³-hybridized carbons (Fsp3) is 0.222. The number of amides is 2. The van der Waals surface area contributed by atoms with E-state index >= 15 is 0 Å². The van der Waals surface area contributed by atoms with E-state index in [0.717, 1.165) is 18.0 Å². The number of thioether (sulfide) groups is 1. The maximum absolute atomic E-state index is 12.5. The number of nitrogens with one attached hydrogen (secondary N) is 2. The van der Waals surface area contributed by atoms with Crippen molar-refractivity contribution in [3.05, 3.63) is 45.2 Å². The molecule has 0 unspecified atom stereocenters. The van der Waals surface area contributed by atoms with Crippen LogP contribution in [0.1, 0.15) is 12.2 Å². The summed E-state index contributed by atoms with van der Waals surface area (Å²) >= 11 is 7.07. The Morgan fingerprint density at radius 1 is 1.38 bits per heavy atom. The third-order valence-electron chi connectivity index (χ3n) is 4.02. The number of hydrogen-bond donors (Lipinski definition) is 2. The van der Waals surface area contributed by atoms with Gasteiger partial charge in [-0.15, -0.1) is 5.10 Å². The molecule has 0 aliphatic carbocycles. The summed E-state index contributed by atoms with van der Waals surface area (Å²) in [6.45, 7) is 0. The molecule has 1 aromatic carbocycles. The Morgan fingerprint density at radius 3 is 2.78 bits per heavy atom. The minimum atomic E-state index is -0.728. The number of halogens is 1. The van der Waals surface area contributed by atoms with Crippen molar-refractivity contribution in [3.63, 3.8) is 0 Å². The Morgan fingerprint density at radius 2 is 2.12 bits per heavy atom. The van der Waals surface area contributed by atoms with E-state index in [1.165, 1.54) is 38.5 Å². The fourth-order valence-electron chi connectivity index (χ4n) is 2.56. The molecule has 0 radical (unpaired) electrons. The van der Waals surface area contributed by atoms with Crippen LogP contribution in [0.3, 0.4) is 0 Å². The van der Waals surface area contributed by atoms with Gasteiger partial charge in [0.15, 0.2) is 10.9 Å². The molecule has 1 aliphatic rings. The van der Waals surface area contributed by atoms with Crippen LogP contribution in [0.15, 0.2) is 38.9 Å². The lowest BCUT2D eigenvalue weighted by molar-refractivity contribution is -0.402. The third kappa shape index (κ3) is 5.56. The lowest BCUT2D eigenvalue weighted by Gasteiger charge is -2.13. The number of carbonyl (C=O) groups is 2. The average molecular weight is 482 g/mol. The Kier molecular flexibility index (Phi) is 7.33. The summed E-state index contributed by atoms with van der Waals surface area (Å²) in [6.07, 6.45) is 1.02. The van der Waals surface area contributed by atoms with Crippen molar-refractivity contribution in [2.24, 2.45) is 10.2 Å². The van der Waals surface area contributed by atoms with Gasteiger partial charge in [0.2, 0.25) is 11.8 Å². The predicted molar refractivity (Wildman–Crippen MR) is 118 cm³/mol. The quantitative estimate of drug-likeness (QED) is 0.331. The SMILES string of the molecule is COc1cc(NC(=O)C[C@H]2S/C(=N/N=C\c3ccc([N+](=O)[O-])o3)NC2=O)c(OC)cc1Cl. The zero-order chi connectivity index (χ0) is 23.3. The molecule has 168 valence electrons. The van der Waals surface area contributed by atoms with Crippen LogP contribution in [0, 0.1) is 10.1 Å². The molecule has 1 aromatic heterocycles. The molecular weight excluding hydrogens is 466 g/mol. The fourth-order valence-corrected chi connectivity index (χ4v) is 3.72.